The van der Waals surface area contributed by atoms with E-state index < -0.39 is 39.5 Å². The van der Waals surface area contributed by atoms with Crippen molar-refractivity contribution in [2.45, 2.75) is 45.0 Å². The van der Waals surface area contributed by atoms with Crippen molar-refractivity contribution >= 4 is 11.6 Å². The van der Waals surface area contributed by atoms with Gasteiger partial charge in [-0.3, -0.25) is 15.5 Å². The maximum absolute atomic E-state index is 11.0. The Morgan fingerprint density at radius 3 is 2.24 bits per heavy atom. The smallest absolute Gasteiger partial charge is 0.269 e. The van der Waals surface area contributed by atoms with Crippen molar-refractivity contribution in [3.63, 3.8) is 0 Å². The number of non-ortho nitro benzene ring substituents is 1. The van der Waals surface area contributed by atoms with Crippen molar-refractivity contribution < 1.29 is 14.4 Å². The topological polar surface area (TPSA) is 157 Å². The predicted molar refractivity (Wildman–Crippen MR) is 98.9 cm³/mol. The summed E-state index contributed by atoms with van der Waals surface area (Å²) in [6.07, 6.45) is 0.154. The first-order chi connectivity index (χ1) is 13.8. The number of rotatable bonds is 5. The maximum atomic E-state index is 11.0. The Kier molecular flexibility index (Phi) is 4.78. The van der Waals surface area contributed by atoms with Gasteiger partial charge in [0.2, 0.25) is 17.1 Å². The van der Waals surface area contributed by atoms with Crippen molar-refractivity contribution in [2.75, 3.05) is 0 Å². The zero-order valence-corrected chi connectivity index (χ0v) is 16.0. The highest BCUT2D eigenvalue weighted by Gasteiger charge is 2.79. The van der Waals surface area contributed by atoms with E-state index in [4.69, 9.17) is 14.9 Å². The molecule has 0 aromatic heterocycles. The van der Waals surface area contributed by atoms with Crippen LogP contribution >= 0.6 is 0 Å². The van der Waals surface area contributed by atoms with Gasteiger partial charge in [0.15, 0.2) is 5.41 Å². The number of hydrogen-bond acceptors (Lipinski definition) is 8. The zero-order chi connectivity index (χ0) is 21.4. The lowest BCUT2D eigenvalue weighted by Crippen LogP contribution is -2.59. The van der Waals surface area contributed by atoms with Crippen LogP contribution in [0.5, 0.6) is 0 Å². The van der Waals surface area contributed by atoms with Gasteiger partial charge in [-0.05, 0) is 30.5 Å². The van der Waals surface area contributed by atoms with Crippen LogP contribution in [0, 0.1) is 66.3 Å². The Balaban J connectivity index is 2.29. The van der Waals surface area contributed by atoms with Crippen molar-refractivity contribution in [2.24, 2.45) is 16.7 Å². The summed E-state index contributed by atoms with van der Waals surface area (Å²) in [5.41, 5.74) is -3.68. The summed E-state index contributed by atoms with van der Waals surface area (Å²) in [6, 6.07) is 11.3. The standard InChI is InChI=1S/C20H19N5O4/c1-3-9-20-15(4-2)19(12-23,17(24)29-20)18(10-21,11-22)16(28-20)13-5-7-14(8-6-13)25(26)27/h5-8,15-16,24H,3-4,9H2,1-2H3. The minimum atomic E-state index is -2.05. The molecule has 0 saturated carbocycles. The molecule has 148 valence electrons. The summed E-state index contributed by atoms with van der Waals surface area (Å²) >= 11 is 0. The Hall–Kier alpha value is -3.48. The molecule has 0 amide bonds. The number of hydrogen-bond donors (Lipinski definition) is 1. The quantitative estimate of drug-likeness (QED) is 0.589. The minimum Gasteiger partial charge on any atom is -0.447 e. The summed E-state index contributed by atoms with van der Waals surface area (Å²) in [7, 11) is 0. The molecule has 2 fully saturated rings. The fraction of sp³-hybridized carbons (Fsp3) is 0.500. The van der Waals surface area contributed by atoms with E-state index in [2.05, 4.69) is 6.07 Å². The lowest BCUT2D eigenvalue weighted by molar-refractivity contribution is -0.384. The van der Waals surface area contributed by atoms with E-state index in [1.807, 2.05) is 19.1 Å². The molecule has 2 aliphatic rings. The average molecular weight is 393 g/mol. The Labute approximate surface area is 167 Å². The van der Waals surface area contributed by atoms with Gasteiger partial charge in [-0.25, -0.2) is 0 Å². The van der Waals surface area contributed by atoms with Gasteiger partial charge >= 0.3 is 0 Å². The fourth-order valence-electron chi connectivity index (χ4n) is 4.74. The van der Waals surface area contributed by atoms with Crippen LogP contribution in [-0.4, -0.2) is 16.6 Å². The number of ether oxygens (including phenoxy) is 2. The van der Waals surface area contributed by atoms with Gasteiger partial charge in [-0.15, -0.1) is 0 Å². The first-order valence-electron chi connectivity index (χ1n) is 9.26. The van der Waals surface area contributed by atoms with E-state index in [9.17, 15) is 25.9 Å². The van der Waals surface area contributed by atoms with Crippen LogP contribution in [0.3, 0.4) is 0 Å². The van der Waals surface area contributed by atoms with Gasteiger partial charge in [0.05, 0.1) is 29.0 Å². The summed E-state index contributed by atoms with van der Waals surface area (Å²) in [5, 5.41) is 49.8. The molecule has 3 rings (SSSR count). The molecule has 1 aromatic carbocycles. The Morgan fingerprint density at radius 1 is 1.17 bits per heavy atom. The summed E-state index contributed by atoms with van der Waals surface area (Å²) in [6.45, 7) is 3.71. The first-order valence-corrected chi connectivity index (χ1v) is 9.26. The van der Waals surface area contributed by atoms with Crippen molar-refractivity contribution in [3.8, 4) is 18.2 Å². The van der Waals surface area contributed by atoms with Crippen LogP contribution in [0.25, 0.3) is 0 Å². The van der Waals surface area contributed by atoms with Crippen LogP contribution in [0.4, 0.5) is 5.69 Å². The van der Waals surface area contributed by atoms with Crippen molar-refractivity contribution in [1.29, 1.82) is 21.2 Å². The molecular weight excluding hydrogens is 374 g/mol. The van der Waals surface area contributed by atoms with E-state index in [-0.39, 0.29) is 5.69 Å². The number of nitro benzene ring substituents is 1. The molecule has 2 aliphatic heterocycles. The normalized spacial score (nSPS) is 31.8. The number of nitrogens with one attached hydrogen (secondary N) is 1. The van der Waals surface area contributed by atoms with Crippen LogP contribution in [-0.2, 0) is 9.47 Å². The van der Waals surface area contributed by atoms with Gasteiger partial charge in [0.1, 0.15) is 6.10 Å². The molecule has 9 nitrogen and oxygen atoms in total. The Bertz CT molecular complexity index is 972. The Morgan fingerprint density at radius 2 is 1.79 bits per heavy atom. The molecular formula is C20H19N5O4. The third-order valence-electron chi connectivity index (χ3n) is 5.96. The second-order valence-corrected chi connectivity index (χ2v) is 7.25. The van der Waals surface area contributed by atoms with Crippen molar-refractivity contribution in [3.05, 3.63) is 39.9 Å². The molecule has 4 atom stereocenters. The first kappa shape index (κ1) is 20.3. The molecule has 0 spiro atoms. The molecule has 9 heteroatoms. The summed E-state index contributed by atoms with van der Waals surface area (Å²) < 4.78 is 12.1. The van der Waals surface area contributed by atoms with Crippen molar-refractivity contribution in [1.82, 2.24) is 0 Å². The van der Waals surface area contributed by atoms with Gasteiger partial charge in [-0.2, -0.15) is 15.8 Å². The molecule has 2 saturated heterocycles. The lowest BCUT2D eigenvalue weighted by atomic mass is 9.52. The molecule has 0 radical (unpaired) electrons. The molecule has 0 aliphatic carbocycles. The SMILES string of the molecule is CCCC12OC(=N)C(C#N)(C1CC)C(C#N)(C#N)C(c1ccc([N+](=O)[O-])cc1)O2. The molecule has 1 aromatic rings. The van der Waals surface area contributed by atoms with Gasteiger partial charge in [0, 0.05) is 18.6 Å². The molecule has 1 N–H and O–H groups in total. The highest BCUT2D eigenvalue weighted by atomic mass is 16.7. The summed E-state index contributed by atoms with van der Waals surface area (Å²) in [5.74, 6) is -2.44. The number of benzene rings is 1. The van der Waals surface area contributed by atoms with E-state index >= 15 is 0 Å². The van der Waals surface area contributed by atoms with E-state index in [0.717, 1.165) is 0 Å². The largest absolute Gasteiger partial charge is 0.447 e. The van der Waals surface area contributed by atoms with Crippen LogP contribution in [0.2, 0.25) is 0 Å². The highest BCUT2D eigenvalue weighted by Crippen LogP contribution is 2.68. The average Bonchev–Trinajstić information content (AvgIpc) is 2.91. The fourth-order valence-corrected chi connectivity index (χ4v) is 4.74. The maximum Gasteiger partial charge on any atom is 0.269 e. The second kappa shape index (κ2) is 6.84. The third kappa shape index (κ3) is 2.36. The van der Waals surface area contributed by atoms with E-state index in [0.29, 0.717) is 24.8 Å². The highest BCUT2D eigenvalue weighted by molar-refractivity contribution is 5.89. The van der Waals surface area contributed by atoms with Crippen LogP contribution < -0.4 is 0 Å². The number of nitro groups is 1. The molecule has 4 unspecified atom stereocenters. The van der Waals surface area contributed by atoms with Crippen LogP contribution in [0.15, 0.2) is 24.3 Å². The minimum absolute atomic E-state index is 0.152. The number of nitrogens with zero attached hydrogens (tertiary/aromatic N) is 4. The number of nitriles is 3. The predicted octanol–water partition coefficient (Wildman–Crippen LogP) is 3.74. The van der Waals surface area contributed by atoms with Crippen LogP contribution in [0.1, 0.15) is 44.8 Å². The molecule has 2 heterocycles. The molecule has 2 bridgehead atoms. The third-order valence-corrected chi connectivity index (χ3v) is 5.96. The summed E-state index contributed by atoms with van der Waals surface area (Å²) in [4.78, 5) is 10.4. The van der Waals surface area contributed by atoms with Gasteiger partial charge in [-0.1, -0.05) is 13.8 Å². The number of fused-ring (bicyclic) bond motifs is 2. The van der Waals surface area contributed by atoms with Gasteiger partial charge < -0.3 is 9.47 Å². The second-order valence-electron chi connectivity index (χ2n) is 7.25. The lowest BCUT2D eigenvalue weighted by Gasteiger charge is -2.49. The monoisotopic (exact) mass is 393 g/mol. The molecule has 29 heavy (non-hydrogen) atoms. The van der Waals surface area contributed by atoms with Gasteiger partial charge in [0.25, 0.3) is 5.69 Å². The zero-order valence-electron chi connectivity index (χ0n) is 16.0. The van der Waals surface area contributed by atoms with E-state index in [1.165, 1.54) is 24.3 Å². The van der Waals surface area contributed by atoms with E-state index in [1.54, 1.807) is 6.92 Å².